The Morgan fingerprint density at radius 3 is 2.83 bits per heavy atom. The second-order valence-electron chi connectivity index (χ2n) is 4.93. The summed E-state index contributed by atoms with van der Waals surface area (Å²) in [5.74, 6) is 0.397. The highest BCUT2D eigenvalue weighted by Gasteiger charge is 2.41. The third kappa shape index (κ3) is 4.55. The summed E-state index contributed by atoms with van der Waals surface area (Å²) >= 11 is 0.838. The molecule has 2 N–H and O–H groups in total. The number of aliphatic hydroxyl groups excluding tert-OH is 1. The van der Waals surface area contributed by atoms with Crippen LogP contribution >= 0.6 is 11.8 Å². The van der Waals surface area contributed by atoms with Crippen molar-refractivity contribution in [2.45, 2.75) is 37.7 Å². The van der Waals surface area contributed by atoms with E-state index in [1.54, 1.807) is 0 Å². The van der Waals surface area contributed by atoms with Crippen LogP contribution < -0.4 is 5.32 Å². The fraction of sp³-hybridized carbons (Fsp3) is 0.818. The molecule has 0 bridgehead atoms. The van der Waals surface area contributed by atoms with Gasteiger partial charge in [0.25, 0.3) is 5.70 Å². The molecular weight excluding hydrogens is 259 g/mol. The van der Waals surface area contributed by atoms with Gasteiger partial charge in [-0.3, -0.25) is 10.1 Å². The summed E-state index contributed by atoms with van der Waals surface area (Å²) in [6.07, 6.45) is 0.546. The van der Waals surface area contributed by atoms with E-state index in [9.17, 15) is 14.5 Å². The third-order valence-electron chi connectivity index (χ3n) is 2.72. The normalized spacial score (nSPS) is 25.3. The lowest BCUT2D eigenvalue weighted by Gasteiger charge is -2.23. The minimum Gasteiger partial charge on any atom is -0.395 e. The molecule has 0 aliphatic carbocycles. The molecule has 104 valence electrons. The molecule has 7 heteroatoms. The van der Waals surface area contributed by atoms with Crippen molar-refractivity contribution in [3.8, 4) is 0 Å². The summed E-state index contributed by atoms with van der Waals surface area (Å²) in [4.78, 5) is 9.98. The molecule has 5 nitrogen and oxygen atoms in total. The summed E-state index contributed by atoms with van der Waals surface area (Å²) in [5.41, 5.74) is -0.0892. The van der Waals surface area contributed by atoms with Gasteiger partial charge in [-0.05, 0) is 12.3 Å². The number of hydrogen-bond donors (Lipinski definition) is 2. The first kappa shape index (κ1) is 15.4. The highest BCUT2D eigenvalue weighted by molar-refractivity contribution is 8.03. The van der Waals surface area contributed by atoms with E-state index in [0.29, 0.717) is 5.92 Å². The Bertz CT molecular complexity index is 338. The Morgan fingerprint density at radius 2 is 2.39 bits per heavy atom. The molecule has 0 saturated heterocycles. The van der Waals surface area contributed by atoms with Crippen molar-refractivity contribution in [1.82, 2.24) is 5.32 Å². The van der Waals surface area contributed by atoms with Gasteiger partial charge in [0.15, 0.2) is 5.00 Å². The zero-order valence-electron chi connectivity index (χ0n) is 10.6. The third-order valence-corrected chi connectivity index (χ3v) is 3.82. The lowest BCUT2D eigenvalue weighted by molar-refractivity contribution is -0.428. The Hall–Kier alpha value is -0.660. The summed E-state index contributed by atoms with van der Waals surface area (Å²) < 4.78 is 14.2. The van der Waals surface area contributed by atoms with Crippen molar-refractivity contribution in [2.75, 3.05) is 13.2 Å². The fourth-order valence-corrected chi connectivity index (χ4v) is 2.74. The van der Waals surface area contributed by atoms with Crippen LogP contribution in [0, 0.1) is 16.0 Å². The zero-order valence-corrected chi connectivity index (χ0v) is 11.4. The molecule has 0 amide bonds. The van der Waals surface area contributed by atoms with Gasteiger partial charge in [-0.1, -0.05) is 25.6 Å². The molecule has 1 aliphatic rings. The van der Waals surface area contributed by atoms with E-state index in [1.165, 1.54) is 5.41 Å². The van der Waals surface area contributed by atoms with Crippen LogP contribution in [0.2, 0.25) is 0 Å². The molecule has 0 spiro atoms. The number of alkyl halides is 1. The quantitative estimate of drug-likeness (QED) is 0.549. The van der Waals surface area contributed by atoms with Gasteiger partial charge in [-0.2, -0.15) is 0 Å². The van der Waals surface area contributed by atoms with E-state index < -0.39 is 9.92 Å². The minimum absolute atomic E-state index is 0.00343. The Labute approximate surface area is 110 Å². The number of thioether (sulfide) groups is 1. The molecule has 0 fully saturated rings. The lowest BCUT2D eigenvalue weighted by Crippen LogP contribution is -2.41. The topological polar surface area (TPSA) is 75.4 Å². The van der Waals surface area contributed by atoms with Gasteiger partial charge in [-0.25, -0.2) is 4.39 Å². The molecule has 0 saturated carbocycles. The summed E-state index contributed by atoms with van der Waals surface area (Å²) in [6.45, 7) is 3.98. The van der Waals surface area contributed by atoms with Gasteiger partial charge in [0, 0.05) is 18.0 Å². The molecule has 0 aromatic carbocycles. The van der Waals surface area contributed by atoms with Crippen molar-refractivity contribution >= 4 is 11.8 Å². The van der Waals surface area contributed by atoms with Gasteiger partial charge in [0.2, 0.25) is 0 Å². The first-order valence-corrected chi connectivity index (χ1v) is 6.78. The van der Waals surface area contributed by atoms with Gasteiger partial charge < -0.3 is 10.4 Å². The van der Waals surface area contributed by atoms with E-state index in [4.69, 9.17) is 5.11 Å². The Kier molecular flexibility index (Phi) is 5.55. The smallest absolute Gasteiger partial charge is 0.256 e. The number of hydrogen-bond acceptors (Lipinski definition) is 5. The largest absolute Gasteiger partial charge is 0.395 e. The fourth-order valence-electron chi connectivity index (χ4n) is 1.83. The summed E-state index contributed by atoms with van der Waals surface area (Å²) in [6, 6.07) is -0.169. The molecular formula is C11H19FN2O3S. The number of halogens is 1. The van der Waals surface area contributed by atoms with E-state index in [-0.39, 0.29) is 31.3 Å². The number of aliphatic hydroxyl groups is 1. The van der Waals surface area contributed by atoms with Crippen molar-refractivity contribution in [2.24, 2.45) is 5.92 Å². The molecule has 1 aliphatic heterocycles. The molecule has 0 radical (unpaired) electrons. The van der Waals surface area contributed by atoms with E-state index in [1.807, 2.05) is 13.8 Å². The van der Waals surface area contributed by atoms with Gasteiger partial charge >= 0.3 is 0 Å². The summed E-state index contributed by atoms with van der Waals surface area (Å²) in [5, 5.41) is 22.2. The highest BCUT2D eigenvalue weighted by Crippen LogP contribution is 2.41. The highest BCUT2D eigenvalue weighted by atomic mass is 32.2. The second kappa shape index (κ2) is 6.49. The summed E-state index contributed by atoms with van der Waals surface area (Å²) in [7, 11) is 0. The van der Waals surface area contributed by atoms with Crippen molar-refractivity contribution in [3.05, 3.63) is 21.2 Å². The number of nitrogens with one attached hydrogen (secondary N) is 1. The maximum absolute atomic E-state index is 14.2. The molecule has 18 heavy (non-hydrogen) atoms. The van der Waals surface area contributed by atoms with Crippen LogP contribution in [0.4, 0.5) is 4.39 Å². The van der Waals surface area contributed by atoms with Crippen LogP contribution in [0.25, 0.3) is 0 Å². The molecule has 1 rings (SSSR count). The monoisotopic (exact) mass is 278 g/mol. The van der Waals surface area contributed by atoms with Crippen LogP contribution in [-0.2, 0) is 0 Å². The van der Waals surface area contributed by atoms with Gasteiger partial charge in [0.1, 0.15) is 0 Å². The van der Waals surface area contributed by atoms with Crippen LogP contribution in [0.15, 0.2) is 11.1 Å². The standard InChI is InChI=1S/C11H19FN2O3S/c1-8(2)3-9(5-15)13-7-11(12)4-10(6-18-11)14(16)17/h6,8-9,13,15H,3-5,7H2,1-2H3/t9-,11?/m1/s1. The van der Waals surface area contributed by atoms with Crippen molar-refractivity contribution in [1.29, 1.82) is 0 Å². The number of allylic oxidation sites excluding steroid dienone is 1. The Balaban J connectivity index is 2.42. The van der Waals surface area contributed by atoms with Gasteiger partial charge in [-0.15, -0.1) is 0 Å². The van der Waals surface area contributed by atoms with Crippen molar-refractivity contribution in [3.63, 3.8) is 0 Å². The molecule has 0 aromatic heterocycles. The molecule has 2 atom stereocenters. The van der Waals surface area contributed by atoms with Crippen LogP contribution in [0.5, 0.6) is 0 Å². The van der Waals surface area contributed by atoms with E-state index in [0.717, 1.165) is 18.2 Å². The first-order chi connectivity index (χ1) is 8.36. The van der Waals surface area contributed by atoms with Crippen LogP contribution in [-0.4, -0.2) is 34.2 Å². The van der Waals surface area contributed by atoms with Crippen LogP contribution in [0.1, 0.15) is 26.7 Å². The van der Waals surface area contributed by atoms with Gasteiger partial charge in [0.05, 0.1) is 18.0 Å². The average molecular weight is 278 g/mol. The first-order valence-electron chi connectivity index (χ1n) is 5.90. The number of nitro groups is 1. The maximum atomic E-state index is 14.2. The number of rotatable bonds is 7. The molecule has 1 unspecified atom stereocenters. The average Bonchev–Trinajstić information content (AvgIpc) is 2.67. The van der Waals surface area contributed by atoms with E-state index in [2.05, 4.69) is 5.32 Å². The lowest BCUT2D eigenvalue weighted by atomic mass is 10.0. The van der Waals surface area contributed by atoms with Crippen molar-refractivity contribution < 1.29 is 14.4 Å². The van der Waals surface area contributed by atoms with E-state index >= 15 is 0 Å². The predicted molar refractivity (Wildman–Crippen MR) is 69.5 cm³/mol. The second-order valence-corrected chi connectivity index (χ2v) is 6.14. The minimum atomic E-state index is -1.67. The van der Waals surface area contributed by atoms with Crippen LogP contribution in [0.3, 0.4) is 0 Å². The Morgan fingerprint density at radius 1 is 1.72 bits per heavy atom. The SMILES string of the molecule is CC(C)C[C@H](CO)NCC1(F)CC([N+](=O)[O-])=CS1. The predicted octanol–water partition coefficient (Wildman–Crippen LogP) is 1.90. The zero-order chi connectivity index (χ0) is 13.8. The number of nitrogens with zero attached hydrogens (tertiary/aromatic N) is 1. The molecule has 1 heterocycles. The maximum Gasteiger partial charge on any atom is 0.256 e. The molecule has 0 aromatic rings.